The Balaban J connectivity index is 2.24. The number of fused-ring (bicyclic) bond motifs is 1. The molecule has 0 aliphatic carbocycles. The highest BCUT2D eigenvalue weighted by molar-refractivity contribution is 6.29. The topological polar surface area (TPSA) is 56.0 Å². The number of nitrogens with zero attached hydrogens (tertiary/aromatic N) is 2. The Labute approximate surface area is 119 Å². The molecule has 0 aliphatic rings. The quantitative estimate of drug-likeness (QED) is 0.396. The molecule has 1 heterocycles. The first kappa shape index (κ1) is 12.6. The van der Waals surface area contributed by atoms with E-state index in [1.165, 1.54) is 12.1 Å². The zero-order chi connectivity index (χ0) is 14.1. The van der Waals surface area contributed by atoms with Gasteiger partial charge in [-0.25, -0.2) is 4.98 Å². The Hall–Kier alpha value is -2.46. The van der Waals surface area contributed by atoms with Gasteiger partial charge < -0.3 is 0 Å². The van der Waals surface area contributed by atoms with Crippen LogP contribution < -0.4 is 0 Å². The lowest BCUT2D eigenvalue weighted by Crippen LogP contribution is -1.95. The summed E-state index contributed by atoms with van der Waals surface area (Å²) in [5.41, 5.74) is 0.913. The average Bonchev–Trinajstić information content (AvgIpc) is 2.46. The van der Waals surface area contributed by atoms with E-state index in [0.717, 1.165) is 10.8 Å². The Bertz CT molecular complexity index is 818. The zero-order valence-corrected chi connectivity index (χ0v) is 11.0. The van der Waals surface area contributed by atoms with Gasteiger partial charge in [-0.2, -0.15) is 0 Å². The summed E-state index contributed by atoms with van der Waals surface area (Å²) in [4.78, 5) is 14.7. The smallest absolute Gasteiger partial charge is 0.258 e. The molecule has 0 saturated heterocycles. The van der Waals surface area contributed by atoms with Crippen molar-refractivity contribution in [3.05, 3.63) is 69.9 Å². The predicted molar refractivity (Wildman–Crippen MR) is 78.8 cm³/mol. The van der Waals surface area contributed by atoms with Crippen molar-refractivity contribution in [1.82, 2.24) is 4.98 Å². The van der Waals surface area contributed by atoms with Crippen molar-refractivity contribution >= 4 is 28.1 Å². The van der Waals surface area contributed by atoms with Crippen molar-refractivity contribution in [2.45, 2.75) is 0 Å². The monoisotopic (exact) mass is 284 g/mol. The number of rotatable bonds is 2. The lowest BCUT2D eigenvalue weighted by atomic mass is 10.0. The third kappa shape index (κ3) is 2.21. The van der Waals surface area contributed by atoms with Gasteiger partial charge in [0, 0.05) is 11.6 Å². The van der Waals surface area contributed by atoms with Crippen molar-refractivity contribution in [1.29, 1.82) is 0 Å². The Morgan fingerprint density at radius 3 is 2.50 bits per heavy atom. The molecule has 2 aromatic carbocycles. The van der Waals surface area contributed by atoms with Crippen LogP contribution in [0.3, 0.4) is 0 Å². The summed E-state index contributed by atoms with van der Waals surface area (Å²) in [5.74, 6) is 0. The van der Waals surface area contributed by atoms with Gasteiger partial charge in [-0.3, -0.25) is 10.1 Å². The fraction of sp³-hybridized carbons (Fsp3) is 0. The molecule has 0 N–H and O–H groups in total. The van der Waals surface area contributed by atoms with Gasteiger partial charge >= 0.3 is 0 Å². The maximum atomic E-state index is 11.1. The summed E-state index contributed by atoms with van der Waals surface area (Å²) in [6, 6.07) is 16.2. The van der Waals surface area contributed by atoms with Crippen molar-refractivity contribution in [3.8, 4) is 11.3 Å². The predicted octanol–water partition coefficient (Wildman–Crippen LogP) is 4.46. The van der Waals surface area contributed by atoms with Crippen LogP contribution in [0.1, 0.15) is 0 Å². The van der Waals surface area contributed by atoms with E-state index in [0.29, 0.717) is 5.56 Å². The van der Waals surface area contributed by atoms with Gasteiger partial charge in [0.25, 0.3) is 5.69 Å². The fourth-order valence-electron chi connectivity index (χ4n) is 2.12. The van der Waals surface area contributed by atoms with E-state index in [2.05, 4.69) is 4.98 Å². The fourth-order valence-corrected chi connectivity index (χ4v) is 2.27. The van der Waals surface area contributed by atoms with Crippen LogP contribution in [0, 0.1) is 10.1 Å². The van der Waals surface area contributed by atoms with Crippen LogP contribution in [0.5, 0.6) is 0 Å². The molecular formula is C15H9ClN2O2. The molecule has 0 bridgehead atoms. The minimum Gasteiger partial charge on any atom is -0.258 e. The second-order valence-electron chi connectivity index (χ2n) is 4.32. The van der Waals surface area contributed by atoms with E-state index in [4.69, 9.17) is 11.6 Å². The summed E-state index contributed by atoms with van der Waals surface area (Å²) in [5, 5.41) is 13.4. The summed E-state index contributed by atoms with van der Waals surface area (Å²) >= 11 is 5.86. The number of aromatic nitrogens is 1. The first-order valence-electron chi connectivity index (χ1n) is 5.95. The third-order valence-corrected chi connectivity index (χ3v) is 3.27. The number of nitro groups is 1. The maximum absolute atomic E-state index is 11.1. The minimum atomic E-state index is -0.451. The average molecular weight is 285 g/mol. The van der Waals surface area contributed by atoms with Crippen molar-refractivity contribution < 1.29 is 4.92 Å². The van der Waals surface area contributed by atoms with E-state index in [1.807, 2.05) is 42.5 Å². The lowest BCUT2D eigenvalue weighted by Gasteiger charge is -2.05. The second kappa shape index (κ2) is 4.90. The van der Waals surface area contributed by atoms with Crippen molar-refractivity contribution in [2.75, 3.05) is 0 Å². The Morgan fingerprint density at radius 1 is 1.00 bits per heavy atom. The van der Waals surface area contributed by atoms with Crippen LogP contribution in [0.25, 0.3) is 22.0 Å². The number of halogens is 1. The number of hydrogen-bond acceptors (Lipinski definition) is 3. The van der Waals surface area contributed by atoms with E-state index in [9.17, 15) is 10.1 Å². The summed E-state index contributed by atoms with van der Waals surface area (Å²) < 4.78 is 0. The van der Waals surface area contributed by atoms with Gasteiger partial charge in [0.2, 0.25) is 0 Å². The largest absolute Gasteiger partial charge is 0.295 e. The second-order valence-corrected chi connectivity index (χ2v) is 4.71. The van der Waals surface area contributed by atoms with E-state index in [1.54, 1.807) is 0 Å². The SMILES string of the molecule is O=[N+]([O-])c1ccc(Cl)nc1-c1ccc2ccccc2c1. The van der Waals surface area contributed by atoms with Gasteiger partial charge in [0.05, 0.1) is 4.92 Å². The molecule has 20 heavy (non-hydrogen) atoms. The first-order valence-corrected chi connectivity index (χ1v) is 6.33. The zero-order valence-electron chi connectivity index (χ0n) is 10.3. The van der Waals surface area contributed by atoms with Gasteiger partial charge in [-0.05, 0) is 22.9 Å². The summed E-state index contributed by atoms with van der Waals surface area (Å²) in [6.45, 7) is 0. The molecule has 0 fully saturated rings. The lowest BCUT2D eigenvalue weighted by molar-refractivity contribution is -0.384. The molecule has 0 spiro atoms. The van der Waals surface area contributed by atoms with Crippen LogP contribution >= 0.6 is 11.6 Å². The van der Waals surface area contributed by atoms with Crippen LogP contribution in [-0.4, -0.2) is 9.91 Å². The minimum absolute atomic E-state index is 0.0512. The van der Waals surface area contributed by atoms with Gasteiger partial charge in [-0.1, -0.05) is 48.0 Å². The number of pyridine rings is 1. The van der Waals surface area contributed by atoms with Crippen LogP contribution in [-0.2, 0) is 0 Å². The number of benzene rings is 2. The van der Waals surface area contributed by atoms with Crippen LogP contribution in [0.2, 0.25) is 5.15 Å². The molecule has 0 unspecified atom stereocenters. The van der Waals surface area contributed by atoms with Gasteiger partial charge in [0.1, 0.15) is 10.8 Å². The highest BCUT2D eigenvalue weighted by Crippen LogP contribution is 2.31. The first-order chi connectivity index (χ1) is 9.65. The third-order valence-electron chi connectivity index (χ3n) is 3.06. The Morgan fingerprint density at radius 2 is 1.75 bits per heavy atom. The van der Waals surface area contributed by atoms with E-state index >= 15 is 0 Å². The Kier molecular flexibility index (Phi) is 3.08. The normalized spacial score (nSPS) is 10.7. The molecule has 5 heteroatoms. The highest BCUT2D eigenvalue weighted by atomic mass is 35.5. The molecule has 3 rings (SSSR count). The number of hydrogen-bond donors (Lipinski definition) is 0. The molecule has 0 radical (unpaired) electrons. The molecule has 0 saturated carbocycles. The van der Waals surface area contributed by atoms with Crippen LogP contribution in [0.15, 0.2) is 54.6 Å². The summed E-state index contributed by atoms with van der Waals surface area (Å²) in [6.07, 6.45) is 0. The maximum Gasteiger partial charge on any atom is 0.295 e. The van der Waals surface area contributed by atoms with Gasteiger partial charge in [0.15, 0.2) is 0 Å². The standard InChI is InChI=1S/C15H9ClN2O2/c16-14-8-7-13(18(19)20)15(17-14)12-6-5-10-3-1-2-4-11(10)9-12/h1-9H. The van der Waals surface area contributed by atoms with Crippen molar-refractivity contribution in [2.24, 2.45) is 0 Å². The van der Waals surface area contributed by atoms with Crippen LogP contribution in [0.4, 0.5) is 5.69 Å². The molecule has 0 atom stereocenters. The van der Waals surface area contributed by atoms with E-state index in [-0.39, 0.29) is 16.5 Å². The van der Waals surface area contributed by atoms with Crippen molar-refractivity contribution in [3.63, 3.8) is 0 Å². The highest BCUT2D eigenvalue weighted by Gasteiger charge is 2.17. The molecule has 1 aromatic heterocycles. The molecule has 0 amide bonds. The molecular weight excluding hydrogens is 276 g/mol. The molecule has 3 aromatic rings. The molecule has 4 nitrogen and oxygen atoms in total. The molecule has 0 aliphatic heterocycles. The molecule has 98 valence electrons. The van der Waals surface area contributed by atoms with E-state index < -0.39 is 4.92 Å². The summed E-state index contributed by atoms with van der Waals surface area (Å²) in [7, 11) is 0. The van der Waals surface area contributed by atoms with Gasteiger partial charge in [-0.15, -0.1) is 0 Å².